The van der Waals surface area contributed by atoms with Gasteiger partial charge in [-0.1, -0.05) is 6.08 Å². The van der Waals surface area contributed by atoms with Gasteiger partial charge in [-0.2, -0.15) is 15.0 Å². The first-order valence-electron chi connectivity index (χ1n) is 4.07. The molecule has 1 heterocycles. The standard InChI is InChI=1S/C8H12ClN5/c1-4-5-10-7-11-6(9)12-8(13-7)14(2)3/h4H,1,5H2,2-3H3,(H,10,11,12,13). The third-order valence-corrected chi connectivity index (χ3v) is 1.57. The van der Waals surface area contributed by atoms with Crippen molar-refractivity contribution in [3.8, 4) is 0 Å². The Labute approximate surface area is 87.8 Å². The molecule has 0 saturated heterocycles. The number of hydrogen-bond donors (Lipinski definition) is 1. The topological polar surface area (TPSA) is 53.9 Å². The van der Waals surface area contributed by atoms with E-state index in [9.17, 15) is 0 Å². The third kappa shape index (κ3) is 2.85. The molecule has 14 heavy (non-hydrogen) atoms. The first-order chi connectivity index (χ1) is 6.63. The molecule has 76 valence electrons. The lowest BCUT2D eigenvalue weighted by molar-refractivity contribution is 0.953. The molecule has 0 saturated carbocycles. The van der Waals surface area contributed by atoms with Crippen LogP contribution in [0, 0.1) is 0 Å². The molecular weight excluding hydrogens is 202 g/mol. The summed E-state index contributed by atoms with van der Waals surface area (Å²) in [4.78, 5) is 13.7. The summed E-state index contributed by atoms with van der Waals surface area (Å²) in [5.41, 5.74) is 0. The van der Waals surface area contributed by atoms with E-state index in [-0.39, 0.29) is 5.28 Å². The molecule has 6 heteroatoms. The molecule has 0 aliphatic rings. The van der Waals surface area contributed by atoms with Gasteiger partial charge < -0.3 is 10.2 Å². The molecule has 0 aliphatic heterocycles. The highest BCUT2D eigenvalue weighted by atomic mass is 35.5. The summed E-state index contributed by atoms with van der Waals surface area (Å²) in [6.45, 7) is 4.17. The van der Waals surface area contributed by atoms with Gasteiger partial charge in [-0.25, -0.2) is 0 Å². The Kier molecular flexibility index (Phi) is 3.64. The van der Waals surface area contributed by atoms with Crippen molar-refractivity contribution in [1.29, 1.82) is 0 Å². The minimum Gasteiger partial charge on any atom is -0.351 e. The van der Waals surface area contributed by atoms with Gasteiger partial charge in [0.2, 0.25) is 17.2 Å². The van der Waals surface area contributed by atoms with Gasteiger partial charge in [0, 0.05) is 20.6 Å². The Bertz CT molecular complexity index is 326. The van der Waals surface area contributed by atoms with E-state index in [1.54, 1.807) is 11.0 Å². The quantitative estimate of drug-likeness (QED) is 0.762. The highest BCUT2D eigenvalue weighted by molar-refractivity contribution is 6.28. The Morgan fingerprint density at radius 1 is 1.43 bits per heavy atom. The monoisotopic (exact) mass is 213 g/mol. The second kappa shape index (κ2) is 4.76. The number of nitrogens with one attached hydrogen (secondary N) is 1. The van der Waals surface area contributed by atoms with Crippen molar-refractivity contribution in [2.75, 3.05) is 30.9 Å². The van der Waals surface area contributed by atoms with Crippen molar-refractivity contribution in [2.24, 2.45) is 0 Å². The second-order valence-corrected chi connectivity index (χ2v) is 3.13. The maximum Gasteiger partial charge on any atom is 0.230 e. The zero-order chi connectivity index (χ0) is 10.6. The maximum atomic E-state index is 5.72. The molecule has 0 aliphatic carbocycles. The van der Waals surface area contributed by atoms with Crippen molar-refractivity contribution < 1.29 is 0 Å². The molecule has 1 aromatic heterocycles. The minimum absolute atomic E-state index is 0.176. The minimum atomic E-state index is 0.176. The van der Waals surface area contributed by atoms with E-state index >= 15 is 0 Å². The van der Waals surface area contributed by atoms with Crippen LogP contribution in [0.25, 0.3) is 0 Å². The summed E-state index contributed by atoms with van der Waals surface area (Å²) >= 11 is 5.72. The average molecular weight is 214 g/mol. The molecule has 1 N–H and O–H groups in total. The van der Waals surface area contributed by atoms with Gasteiger partial charge in [0.05, 0.1) is 0 Å². The van der Waals surface area contributed by atoms with Crippen LogP contribution >= 0.6 is 11.6 Å². The summed E-state index contributed by atoms with van der Waals surface area (Å²) < 4.78 is 0. The lowest BCUT2D eigenvalue weighted by Gasteiger charge is -2.10. The smallest absolute Gasteiger partial charge is 0.230 e. The van der Waals surface area contributed by atoms with Crippen LogP contribution < -0.4 is 10.2 Å². The fourth-order valence-electron chi connectivity index (χ4n) is 0.782. The van der Waals surface area contributed by atoms with Crippen molar-refractivity contribution in [3.63, 3.8) is 0 Å². The normalized spacial score (nSPS) is 9.64. The lowest BCUT2D eigenvalue weighted by Crippen LogP contribution is -2.15. The van der Waals surface area contributed by atoms with Crippen LogP contribution in [0.3, 0.4) is 0 Å². The SMILES string of the molecule is C=CCNc1nc(Cl)nc(N(C)C)n1. The first-order valence-corrected chi connectivity index (χ1v) is 4.45. The molecule has 0 bridgehead atoms. The van der Waals surface area contributed by atoms with Crippen molar-refractivity contribution >= 4 is 23.5 Å². The van der Waals surface area contributed by atoms with Crippen LogP contribution in [0.2, 0.25) is 5.28 Å². The van der Waals surface area contributed by atoms with Crippen LogP contribution in [0.1, 0.15) is 0 Å². The van der Waals surface area contributed by atoms with Gasteiger partial charge in [0.1, 0.15) is 0 Å². The zero-order valence-corrected chi connectivity index (χ0v) is 8.91. The van der Waals surface area contributed by atoms with Gasteiger partial charge in [-0.3, -0.25) is 0 Å². The number of hydrogen-bond acceptors (Lipinski definition) is 5. The molecule has 0 atom stereocenters. The molecule has 0 radical (unpaired) electrons. The lowest BCUT2D eigenvalue weighted by atomic mass is 10.6. The van der Waals surface area contributed by atoms with Gasteiger partial charge in [0.25, 0.3) is 0 Å². The van der Waals surface area contributed by atoms with Gasteiger partial charge in [-0.05, 0) is 11.6 Å². The van der Waals surface area contributed by atoms with E-state index in [2.05, 4.69) is 26.8 Å². The van der Waals surface area contributed by atoms with E-state index in [0.29, 0.717) is 18.4 Å². The molecule has 0 spiro atoms. The molecular formula is C8H12ClN5. The highest BCUT2D eigenvalue weighted by Gasteiger charge is 2.04. The summed E-state index contributed by atoms with van der Waals surface area (Å²) in [6.07, 6.45) is 1.72. The van der Waals surface area contributed by atoms with E-state index in [4.69, 9.17) is 11.6 Å². The number of rotatable bonds is 4. The van der Waals surface area contributed by atoms with Gasteiger partial charge in [-0.15, -0.1) is 6.58 Å². The van der Waals surface area contributed by atoms with E-state index < -0.39 is 0 Å². The Morgan fingerprint density at radius 3 is 2.71 bits per heavy atom. The third-order valence-electron chi connectivity index (χ3n) is 1.40. The Morgan fingerprint density at radius 2 is 2.14 bits per heavy atom. The highest BCUT2D eigenvalue weighted by Crippen LogP contribution is 2.10. The molecule has 0 fully saturated rings. The number of anilines is 2. The molecule has 5 nitrogen and oxygen atoms in total. The van der Waals surface area contributed by atoms with Crippen LogP contribution in [0.4, 0.5) is 11.9 Å². The van der Waals surface area contributed by atoms with Gasteiger partial charge in [0.15, 0.2) is 0 Å². The van der Waals surface area contributed by atoms with Crippen LogP contribution in [-0.4, -0.2) is 35.6 Å². The summed E-state index contributed by atoms with van der Waals surface area (Å²) in [5.74, 6) is 0.977. The number of aromatic nitrogens is 3. The second-order valence-electron chi connectivity index (χ2n) is 2.79. The summed E-state index contributed by atoms with van der Waals surface area (Å²) in [5, 5.41) is 3.12. The summed E-state index contributed by atoms with van der Waals surface area (Å²) in [6, 6.07) is 0. The van der Waals surface area contributed by atoms with Crippen LogP contribution in [-0.2, 0) is 0 Å². The molecule has 1 rings (SSSR count). The number of halogens is 1. The van der Waals surface area contributed by atoms with Crippen molar-refractivity contribution in [1.82, 2.24) is 15.0 Å². The van der Waals surface area contributed by atoms with Crippen LogP contribution in [0.15, 0.2) is 12.7 Å². The maximum absolute atomic E-state index is 5.72. The molecule has 0 aromatic carbocycles. The van der Waals surface area contributed by atoms with Gasteiger partial charge >= 0.3 is 0 Å². The van der Waals surface area contributed by atoms with E-state index in [1.807, 2.05) is 14.1 Å². The first kappa shape index (κ1) is 10.7. The molecule has 0 amide bonds. The Balaban J connectivity index is 2.89. The summed E-state index contributed by atoms with van der Waals surface area (Å²) in [7, 11) is 3.67. The fraction of sp³-hybridized carbons (Fsp3) is 0.375. The van der Waals surface area contributed by atoms with E-state index in [0.717, 1.165) is 0 Å². The van der Waals surface area contributed by atoms with Crippen LogP contribution in [0.5, 0.6) is 0 Å². The largest absolute Gasteiger partial charge is 0.351 e. The Hall–Kier alpha value is -1.36. The molecule has 0 unspecified atom stereocenters. The number of nitrogens with zero attached hydrogens (tertiary/aromatic N) is 4. The average Bonchev–Trinajstić information content (AvgIpc) is 2.14. The predicted octanol–water partition coefficient (Wildman–Crippen LogP) is 1.19. The van der Waals surface area contributed by atoms with Crippen molar-refractivity contribution in [3.05, 3.63) is 17.9 Å². The fourth-order valence-corrected chi connectivity index (χ4v) is 0.938. The zero-order valence-electron chi connectivity index (χ0n) is 8.16. The predicted molar refractivity (Wildman–Crippen MR) is 57.9 cm³/mol. The molecule has 1 aromatic rings. The van der Waals surface area contributed by atoms with Crippen molar-refractivity contribution in [2.45, 2.75) is 0 Å². The van der Waals surface area contributed by atoms with E-state index in [1.165, 1.54) is 0 Å².